The molecule has 1 rings (SSSR count). The Morgan fingerprint density at radius 2 is 2.38 bits per heavy atom. The van der Waals surface area contributed by atoms with Gasteiger partial charge in [-0.15, -0.1) is 0 Å². The standard InChI is InChI=1S/C10H12N2O/c1-8-5-10(3-4-13-2)12-7-9(8)6-11/h5,7H,3-4H2,1-2H3. The van der Waals surface area contributed by atoms with Crippen LogP contribution in [-0.4, -0.2) is 18.7 Å². The highest BCUT2D eigenvalue weighted by atomic mass is 16.5. The van der Waals surface area contributed by atoms with E-state index in [1.165, 1.54) is 0 Å². The van der Waals surface area contributed by atoms with Crippen LogP contribution in [0.1, 0.15) is 16.8 Å². The number of methoxy groups -OCH3 is 1. The highest BCUT2D eigenvalue weighted by molar-refractivity contribution is 5.35. The summed E-state index contributed by atoms with van der Waals surface area (Å²) < 4.78 is 4.94. The Bertz CT molecular complexity index is 328. The van der Waals surface area contributed by atoms with Gasteiger partial charge in [-0.1, -0.05) is 0 Å². The quantitative estimate of drug-likeness (QED) is 0.700. The van der Waals surface area contributed by atoms with Crippen molar-refractivity contribution >= 4 is 0 Å². The lowest BCUT2D eigenvalue weighted by molar-refractivity contribution is 0.201. The number of rotatable bonds is 3. The Hall–Kier alpha value is -1.40. The Morgan fingerprint density at radius 3 is 2.92 bits per heavy atom. The largest absolute Gasteiger partial charge is 0.384 e. The number of nitriles is 1. The van der Waals surface area contributed by atoms with Gasteiger partial charge >= 0.3 is 0 Å². The van der Waals surface area contributed by atoms with Gasteiger partial charge in [0.2, 0.25) is 0 Å². The van der Waals surface area contributed by atoms with E-state index in [1.807, 2.05) is 13.0 Å². The molecule has 0 saturated carbocycles. The molecule has 0 aliphatic rings. The molecule has 0 saturated heterocycles. The van der Waals surface area contributed by atoms with E-state index in [0.717, 1.165) is 17.7 Å². The van der Waals surface area contributed by atoms with E-state index >= 15 is 0 Å². The molecule has 0 radical (unpaired) electrons. The van der Waals surface area contributed by atoms with Gasteiger partial charge in [-0.25, -0.2) is 0 Å². The minimum atomic E-state index is 0.640. The molecule has 0 aliphatic carbocycles. The zero-order chi connectivity index (χ0) is 9.68. The monoisotopic (exact) mass is 176 g/mol. The Morgan fingerprint density at radius 1 is 1.62 bits per heavy atom. The van der Waals surface area contributed by atoms with Crippen LogP contribution in [0.2, 0.25) is 0 Å². The van der Waals surface area contributed by atoms with E-state index in [2.05, 4.69) is 11.1 Å². The molecule has 0 aliphatic heterocycles. The fourth-order valence-electron chi connectivity index (χ4n) is 1.07. The van der Waals surface area contributed by atoms with Crippen molar-refractivity contribution in [2.24, 2.45) is 0 Å². The van der Waals surface area contributed by atoms with Crippen molar-refractivity contribution in [2.45, 2.75) is 13.3 Å². The van der Waals surface area contributed by atoms with Crippen molar-refractivity contribution < 1.29 is 4.74 Å². The highest BCUT2D eigenvalue weighted by Crippen LogP contribution is 2.07. The molecule has 0 unspecified atom stereocenters. The van der Waals surface area contributed by atoms with Crippen LogP contribution in [-0.2, 0) is 11.2 Å². The van der Waals surface area contributed by atoms with Crippen molar-refractivity contribution in [3.63, 3.8) is 0 Å². The topological polar surface area (TPSA) is 45.9 Å². The first-order valence-electron chi connectivity index (χ1n) is 4.12. The van der Waals surface area contributed by atoms with Crippen LogP contribution < -0.4 is 0 Å². The Labute approximate surface area is 78.0 Å². The molecule has 0 N–H and O–H groups in total. The normalized spacial score (nSPS) is 9.62. The fourth-order valence-corrected chi connectivity index (χ4v) is 1.07. The molecule has 0 bridgehead atoms. The molecule has 0 fully saturated rings. The number of hydrogen-bond acceptors (Lipinski definition) is 3. The summed E-state index contributed by atoms with van der Waals surface area (Å²) in [7, 11) is 1.66. The van der Waals surface area contributed by atoms with E-state index in [9.17, 15) is 0 Å². The number of aromatic nitrogens is 1. The number of hydrogen-bond donors (Lipinski definition) is 0. The maximum atomic E-state index is 8.67. The minimum Gasteiger partial charge on any atom is -0.384 e. The fraction of sp³-hybridized carbons (Fsp3) is 0.400. The third-order valence-electron chi connectivity index (χ3n) is 1.85. The highest BCUT2D eigenvalue weighted by Gasteiger charge is 1.99. The summed E-state index contributed by atoms with van der Waals surface area (Å²) in [6.45, 7) is 2.58. The SMILES string of the molecule is COCCc1cc(C)c(C#N)cn1. The van der Waals surface area contributed by atoms with Crippen LogP contribution in [0, 0.1) is 18.3 Å². The third-order valence-corrected chi connectivity index (χ3v) is 1.85. The van der Waals surface area contributed by atoms with Crippen LogP contribution in [0.25, 0.3) is 0 Å². The van der Waals surface area contributed by atoms with Gasteiger partial charge in [0.15, 0.2) is 0 Å². The summed E-state index contributed by atoms with van der Waals surface area (Å²) in [4.78, 5) is 4.15. The second-order valence-electron chi connectivity index (χ2n) is 2.85. The summed E-state index contributed by atoms with van der Waals surface area (Å²) >= 11 is 0. The van der Waals surface area contributed by atoms with Crippen LogP contribution in [0.5, 0.6) is 0 Å². The van der Waals surface area contributed by atoms with E-state index in [0.29, 0.717) is 12.2 Å². The Kier molecular flexibility index (Phi) is 3.41. The van der Waals surface area contributed by atoms with Crippen LogP contribution >= 0.6 is 0 Å². The molecule has 1 aromatic heterocycles. The Balaban J connectivity index is 2.79. The van der Waals surface area contributed by atoms with E-state index in [4.69, 9.17) is 10.00 Å². The molecule has 0 atom stereocenters. The summed E-state index contributed by atoms with van der Waals surface area (Å²) in [6, 6.07) is 4.01. The van der Waals surface area contributed by atoms with Gasteiger partial charge in [0, 0.05) is 25.4 Å². The van der Waals surface area contributed by atoms with Gasteiger partial charge < -0.3 is 4.74 Å². The summed E-state index contributed by atoms with van der Waals surface area (Å²) in [5.74, 6) is 0. The second-order valence-corrected chi connectivity index (χ2v) is 2.85. The molecule has 0 aromatic carbocycles. The van der Waals surface area contributed by atoms with Crippen molar-refractivity contribution in [3.05, 3.63) is 29.1 Å². The lowest BCUT2D eigenvalue weighted by Crippen LogP contribution is -1.98. The molecule has 13 heavy (non-hydrogen) atoms. The van der Waals surface area contributed by atoms with Gasteiger partial charge in [0.25, 0.3) is 0 Å². The smallest absolute Gasteiger partial charge is 0.101 e. The number of pyridine rings is 1. The molecule has 0 spiro atoms. The van der Waals surface area contributed by atoms with Crippen molar-refractivity contribution in [1.29, 1.82) is 5.26 Å². The zero-order valence-corrected chi connectivity index (χ0v) is 7.87. The lowest BCUT2D eigenvalue weighted by atomic mass is 10.1. The van der Waals surface area contributed by atoms with Gasteiger partial charge in [0.05, 0.1) is 12.2 Å². The van der Waals surface area contributed by atoms with Gasteiger partial charge in [0.1, 0.15) is 6.07 Å². The lowest BCUT2D eigenvalue weighted by Gasteiger charge is -2.01. The average molecular weight is 176 g/mol. The molecule has 3 heteroatoms. The number of ether oxygens (including phenoxy) is 1. The third kappa shape index (κ3) is 2.53. The summed E-state index contributed by atoms with van der Waals surface area (Å²) in [5, 5.41) is 8.67. The minimum absolute atomic E-state index is 0.640. The first-order chi connectivity index (χ1) is 6.27. The summed E-state index contributed by atoms with van der Waals surface area (Å²) in [5.41, 5.74) is 2.59. The van der Waals surface area contributed by atoms with Crippen LogP contribution in [0.3, 0.4) is 0 Å². The molecular weight excluding hydrogens is 164 g/mol. The van der Waals surface area contributed by atoms with Crippen molar-refractivity contribution in [1.82, 2.24) is 4.98 Å². The van der Waals surface area contributed by atoms with Gasteiger partial charge in [-0.3, -0.25) is 4.98 Å². The van der Waals surface area contributed by atoms with Crippen molar-refractivity contribution in [2.75, 3.05) is 13.7 Å². The van der Waals surface area contributed by atoms with Crippen LogP contribution in [0.4, 0.5) is 0 Å². The molecule has 0 amide bonds. The zero-order valence-electron chi connectivity index (χ0n) is 7.87. The predicted octanol–water partition coefficient (Wildman–Crippen LogP) is 1.45. The first-order valence-corrected chi connectivity index (χ1v) is 4.12. The predicted molar refractivity (Wildman–Crippen MR) is 49.3 cm³/mol. The molecule has 68 valence electrons. The van der Waals surface area contributed by atoms with E-state index in [-0.39, 0.29) is 0 Å². The molecule has 1 heterocycles. The first kappa shape index (κ1) is 9.69. The molecular formula is C10H12N2O. The molecule has 3 nitrogen and oxygen atoms in total. The van der Waals surface area contributed by atoms with E-state index in [1.54, 1.807) is 13.3 Å². The van der Waals surface area contributed by atoms with Crippen molar-refractivity contribution in [3.8, 4) is 6.07 Å². The average Bonchev–Trinajstić information content (AvgIpc) is 2.15. The maximum absolute atomic E-state index is 8.67. The number of aryl methyl sites for hydroxylation is 1. The maximum Gasteiger partial charge on any atom is 0.101 e. The second kappa shape index (κ2) is 4.58. The molecule has 1 aromatic rings. The van der Waals surface area contributed by atoms with Gasteiger partial charge in [-0.05, 0) is 18.6 Å². The number of nitrogens with zero attached hydrogens (tertiary/aromatic N) is 2. The van der Waals surface area contributed by atoms with Crippen LogP contribution in [0.15, 0.2) is 12.3 Å². The van der Waals surface area contributed by atoms with E-state index < -0.39 is 0 Å². The summed E-state index contributed by atoms with van der Waals surface area (Å²) in [6.07, 6.45) is 2.41. The van der Waals surface area contributed by atoms with Gasteiger partial charge in [-0.2, -0.15) is 5.26 Å².